The van der Waals surface area contributed by atoms with E-state index in [9.17, 15) is 9.59 Å². The highest BCUT2D eigenvalue weighted by Gasteiger charge is 2.45. The number of anilines is 1. The molecule has 8 nitrogen and oxygen atoms in total. The lowest BCUT2D eigenvalue weighted by Gasteiger charge is -2.22. The van der Waals surface area contributed by atoms with Crippen LogP contribution in [0.1, 0.15) is 17.0 Å². The van der Waals surface area contributed by atoms with Crippen molar-refractivity contribution in [2.24, 2.45) is 0 Å². The van der Waals surface area contributed by atoms with Crippen LogP contribution in [0.25, 0.3) is 11.0 Å². The highest BCUT2D eigenvalue weighted by Crippen LogP contribution is 2.49. The molecule has 0 spiro atoms. The first-order valence-electron chi connectivity index (χ1n) is 10.9. The Morgan fingerprint density at radius 3 is 2.23 bits per heavy atom. The first-order valence-corrected chi connectivity index (χ1v) is 10.9. The molecular weight excluding hydrogens is 450 g/mol. The maximum absolute atomic E-state index is 13.5. The molecule has 1 amide bonds. The van der Waals surface area contributed by atoms with Gasteiger partial charge < -0.3 is 28.7 Å². The maximum atomic E-state index is 13.5. The summed E-state index contributed by atoms with van der Waals surface area (Å²) in [5, 5.41) is 3.48. The Labute approximate surface area is 201 Å². The minimum Gasteiger partial charge on any atom is -0.496 e. The molecule has 5 rings (SSSR count). The predicted octanol–water partition coefficient (Wildman–Crippen LogP) is 4.35. The minimum atomic E-state index is -1.08. The summed E-state index contributed by atoms with van der Waals surface area (Å²) in [5.74, 6) is 0.343. The third-order valence-corrected chi connectivity index (χ3v) is 6.03. The second-order valence-electron chi connectivity index (χ2n) is 7.95. The third-order valence-electron chi connectivity index (χ3n) is 6.03. The zero-order chi connectivity index (χ0) is 24.5. The molecule has 0 bridgehead atoms. The van der Waals surface area contributed by atoms with E-state index in [-0.39, 0.29) is 5.56 Å². The molecule has 8 heteroatoms. The molecule has 1 N–H and O–H groups in total. The Morgan fingerprint density at radius 2 is 1.51 bits per heavy atom. The summed E-state index contributed by atoms with van der Waals surface area (Å²) < 4.78 is 28.4. The number of hydrogen-bond acceptors (Lipinski definition) is 7. The number of ether oxygens (including phenoxy) is 4. The van der Waals surface area contributed by atoms with Gasteiger partial charge in [-0.05, 0) is 30.3 Å². The molecule has 0 saturated carbocycles. The molecule has 2 heterocycles. The normalized spacial score (nSPS) is 16.3. The van der Waals surface area contributed by atoms with Gasteiger partial charge in [-0.2, -0.15) is 0 Å². The number of methoxy groups -OCH3 is 3. The molecule has 0 unspecified atom stereocenters. The standard InChI is InChI=1S/C27H23NO7/c1-31-19-14-21(33-3)20(32-2)13-17(19)22-23-24(16-11-7-8-12-18(16)34-27(23)30)35-25(22)26(29)28-15-9-5-4-6-10-15/h4-14,22,25H,1-3H3,(H,28,29)/t22-,25+/m1/s1. The van der Waals surface area contributed by atoms with Crippen LogP contribution in [0.15, 0.2) is 75.9 Å². The molecule has 3 aromatic carbocycles. The van der Waals surface area contributed by atoms with Crippen LogP contribution in [0.3, 0.4) is 0 Å². The molecule has 1 aliphatic heterocycles. The number of para-hydroxylation sites is 2. The highest BCUT2D eigenvalue weighted by molar-refractivity contribution is 5.97. The first kappa shape index (κ1) is 22.3. The molecule has 0 radical (unpaired) electrons. The van der Waals surface area contributed by atoms with Crippen LogP contribution in [0.5, 0.6) is 23.0 Å². The molecular formula is C27H23NO7. The smallest absolute Gasteiger partial charge is 0.344 e. The number of rotatable bonds is 6. The van der Waals surface area contributed by atoms with Crippen LogP contribution >= 0.6 is 0 Å². The Hall–Kier alpha value is -4.46. The first-order chi connectivity index (χ1) is 17.0. The second kappa shape index (κ2) is 9.06. The number of fused-ring (bicyclic) bond motifs is 3. The summed E-state index contributed by atoms with van der Waals surface area (Å²) in [5.41, 5.74) is 1.16. The molecule has 1 aliphatic rings. The molecule has 35 heavy (non-hydrogen) atoms. The molecule has 0 saturated heterocycles. The van der Waals surface area contributed by atoms with E-state index in [0.717, 1.165) is 0 Å². The van der Waals surface area contributed by atoms with E-state index in [0.29, 0.717) is 45.2 Å². The van der Waals surface area contributed by atoms with Crippen molar-refractivity contribution in [2.75, 3.05) is 26.6 Å². The average molecular weight is 473 g/mol. The topological polar surface area (TPSA) is 96.2 Å². The van der Waals surface area contributed by atoms with Crippen molar-refractivity contribution in [2.45, 2.75) is 12.0 Å². The Bertz CT molecular complexity index is 1460. The largest absolute Gasteiger partial charge is 0.496 e. The lowest BCUT2D eigenvalue weighted by molar-refractivity contribution is -0.122. The van der Waals surface area contributed by atoms with E-state index in [1.54, 1.807) is 42.5 Å². The van der Waals surface area contributed by atoms with Gasteiger partial charge in [0.2, 0.25) is 0 Å². The van der Waals surface area contributed by atoms with Gasteiger partial charge in [-0.15, -0.1) is 0 Å². The van der Waals surface area contributed by atoms with Crippen molar-refractivity contribution in [3.8, 4) is 23.0 Å². The summed E-state index contributed by atoms with van der Waals surface area (Å²) in [7, 11) is 4.53. The summed E-state index contributed by atoms with van der Waals surface area (Å²) in [6.45, 7) is 0. The molecule has 1 aromatic heterocycles. The van der Waals surface area contributed by atoms with Gasteiger partial charge in [-0.3, -0.25) is 4.79 Å². The van der Waals surface area contributed by atoms with Crippen molar-refractivity contribution in [1.82, 2.24) is 0 Å². The van der Waals surface area contributed by atoms with E-state index in [4.69, 9.17) is 23.4 Å². The summed E-state index contributed by atoms with van der Waals surface area (Å²) in [6.07, 6.45) is -1.08. The van der Waals surface area contributed by atoms with Gasteiger partial charge in [0, 0.05) is 17.3 Å². The molecule has 4 aromatic rings. The summed E-state index contributed by atoms with van der Waals surface area (Å²) in [4.78, 5) is 26.8. The van der Waals surface area contributed by atoms with Gasteiger partial charge in [0.05, 0.1) is 38.2 Å². The zero-order valence-electron chi connectivity index (χ0n) is 19.4. The quantitative estimate of drug-likeness (QED) is 0.416. The fourth-order valence-corrected chi connectivity index (χ4v) is 4.43. The number of hydrogen-bond donors (Lipinski definition) is 1. The maximum Gasteiger partial charge on any atom is 0.344 e. The van der Waals surface area contributed by atoms with Gasteiger partial charge in [0.15, 0.2) is 17.6 Å². The van der Waals surface area contributed by atoms with E-state index in [1.807, 2.05) is 24.3 Å². The molecule has 2 atom stereocenters. The second-order valence-corrected chi connectivity index (χ2v) is 7.95. The average Bonchev–Trinajstić information content (AvgIpc) is 3.30. The van der Waals surface area contributed by atoms with Crippen molar-refractivity contribution in [3.05, 3.63) is 88.3 Å². The van der Waals surface area contributed by atoms with Gasteiger partial charge in [-0.1, -0.05) is 30.3 Å². The van der Waals surface area contributed by atoms with E-state index in [1.165, 1.54) is 21.3 Å². The Morgan fingerprint density at radius 1 is 0.857 bits per heavy atom. The minimum absolute atomic E-state index is 0.238. The van der Waals surface area contributed by atoms with Gasteiger partial charge in [-0.25, -0.2) is 4.79 Å². The Balaban J connectivity index is 1.72. The Kier molecular flexibility index (Phi) is 5.78. The van der Waals surface area contributed by atoms with Gasteiger partial charge in [0.25, 0.3) is 5.91 Å². The summed E-state index contributed by atoms with van der Waals surface area (Å²) >= 11 is 0. The van der Waals surface area contributed by atoms with Gasteiger partial charge >= 0.3 is 5.63 Å². The van der Waals surface area contributed by atoms with Crippen molar-refractivity contribution in [3.63, 3.8) is 0 Å². The molecule has 0 aliphatic carbocycles. The molecule has 178 valence electrons. The highest BCUT2D eigenvalue weighted by atomic mass is 16.5. The van der Waals surface area contributed by atoms with Crippen LogP contribution in [-0.4, -0.2) is 33.3 Å². The number of carbonyl (C=O) groups excluding carboxylic acids is 1. The number of benzene rings is 3. The van der Waals surface area contributed by atoms with E-state index < -0.39 is 23.6 Å². The zero-order valence-corrected chi connectivity index (χ0v) is 19.4. The third kappa shape index (κ3) is 3.82. The van der Waals surface area contributed by atoms with Gasteiger partial charge in [0.1, 0.15) is 17.1 Å². The van der Waals surface area contributed by atoms with Crippen LogP contribution in [-0.2, 0) is 4.79 Å². The lowest BCUT2D eigenvalue weighted by atomic mass is 9.87. The predicted molar refractivity (Wildman–Crippen MR) is 130 cm³/mol. The summed E-state index contributed by atoms with van der Waals surface area (Å²) in [6, 6.07) is 19.4. The number of carbonyl (C=O) groups is 1. The van der Waals surface area contributed by atoms with E-state index in [2.05, 4.69) is 5.32 Å². The van der Waals surface area contributed by atoms with Crippen LogP contribution in [0.4, 0.5) is 5.69 Å². The van der Waals surface area contributed by atoms with Crippen molar-refractivity contribution >= 4 is 22.6 Å². The van der Waals surface area contributed by atoms with Crippen LogP contribution < -0.4 is 29.9 Å². The number of amides is 1. The van der Waals surface area contributed by atoms with E-state index >= 15 is 0 Å². The fraction of sp³-hybridized carbons (Fsp3) is 0.185. The lowest BCUT2D eigenvalue weighted by Crippen LogP contribution is -2.35. The van der Waals surface area contributed by atoms with Crippen LogP contribution in [0.2, 0.25) is 0 Å². The number of nitrogens with one attached hydrogen (secondary N) is 1. The monoisotopic (exact) mass is 473 g/mol. The van der Waals surface area contributed by atoms with Crippen molar-refractivity contribution < 1.29 is 28.2 Å². The molecule has 0 fully saturated rings. The van der Waals surface area contributed by atoms with Crippen LogP contribution in [0, 0.1) is 0 Å². The van der Waals surface area contributed by atoms with Crippen molar-refractivity contribution in [1.29, 1.82) is 0 Å². The fourth-order valence-electron chi connectivity index (χ4n) is 4.43. The SMILES string of the molecule is COc1cc(OC)c([C@@H]2c3c(c4ccccc4oc3=O)O[C@@H]2C(=O)Nc2ccccc2)cc1OC.